The number of fused-ring (bicyclic) bond motifs is 1. The average molecular weight is 447 g/mol. The highest BCUT2D eigenvalue weighted by Gasteiger charge is 2.18. The molecule has 0 saturated heterocycles. The van der Waals surface area contributed by atoms with Gasteiger partial charge in [-0.3, -0.25) is 9.48 Å². The zero-order valence-electron chi connectivity index (χ0n) is 18.8. The Balaban J connectivity index is 1.74. The molecule has 0 saturated carbocycles. The van der Waals surface area contributed by atoms with Crippen LogP contribution in [0.25, 0.3) is 44.3 Å². The number of nitriles is 1. The average Bonchev–Trinajstić information content (AvgIpc) is 3.25. The molecular formula is C27H22N6O. The van der Waals surface area contributed by atoms with Gasteiger partial charge in [0.25, 0.3) is 5.56 Å². The van der Waals surface area contributed by atoms with E-state index in [1.165, 1.54) is 0 Å². The van der Waals surface area contributed by atoms with Crippen LogP contribution in [0.15, 0.2) is 71.7 Å². The molecule has 0 spiro atoms. The van der Waals surface area contributed by atoms with Gasteiger partial charge < -0.3 is 5.73 Å². The Bertz CT molecular complexity index is 1650. The highest BCUT2D eigenvalue weighted by atomic mass is 16.1. The number of benzene rings is 3. The maximum atomic E-state index is 12.3. The number of aromatic amines is 1. The Hall–Kier alpha value is -4.54. The summed E-state index contributed by atoms with van der Waals surface area (Å²) in [5, 5.41) is 22.2. The topological polar surface area (TPSA) is 113 Å². The predicted octanol–water partition coefficient (Wildman–Crippen LogP) is 4.30. The van der Waals surface area contributed by atoms with Gasteiger partial charge in [-0.15, -0.1) is 0 Å². The zero-order chi connectivity index (χ0) is 23.8. The Labute approximate surface area is 196 Å². The van der Waals surface area contributed by atoms with E-state index in [9.17, 15) is 10.1 Å². The number of nitrogens with two attached hydrogens (primary N) is 1. The van der Waals surface area contributed by atoms with Gasteiger partial charge in [0, 0.05) is 30.1 Å². The van der Waals surface area contributed by atoms with Gasteiger partial charge >= 0.3 is 0 Å². The molecule has 34 heavy (non-hydrogen) atoms. The molecular weight excluding hydrogens is 424 g/mol. The van der Waals surface area contributed by atoms with Crippen LogP contribution in [0.4, 0.5) is 0 Å². The van der Waals surface area contributed by atoms with E-state index in [1.807, 2.05) is 49.5 Å². The van der Waals surface area contributed by atoms with Crippen molar-refractivity contribution in [2.75, 3.05) is 0 Å². The number of nitrogens with zero attached hydrogens (tertiary/aromatic N) is 4. The maximum absolute atomic E-state index is 12.3. The van der Waals surface area contributed by atoms with Crippen molar-refractivity contribution in [2.24, 2.45) is 12.8 Å². The number of nitrogens with one attached hydrogen (secondary N) is 1. The van der Waals surface area contributed by atoms with E-state index in [1.54, 1.807) is 16.9 Å². The van der Waals surface area contributed by atoms with Crippen LogP contribution in [-0.2, 0) is 13.6 Å². The maximum Gasteiger partial charge on any atom is 0.272 e. The molecule has 0 unspecified atom stereocenters. The van der Waals surface area contributed by atoms with Crippen LogP contribution in [0.1, 0.15) is 16.8 Å². The van der Waals surface area contributed by atoms with Crippen molar-refractivity contribution in [3.63, 3.8) is 0 Å². The van der Waals surface area contributed by atoms with Crippen molar-refractivity contribution in [3.8, 4) is 39.6 Å². The Kier molecular flexibility index (Phi) is 5.28. The smallest absolute Gasteiger partial charge is 0.272 e. The number of H-pyrrole nitrogens is 1. The quantitative estimate of drug-likeness (QED) is 0.427. The highest BCUT2D eigenvalue weighted by Crippen LogP contribution is 2.37. The lowest BCUT2D eigenvalue weighted by molar-refractivity contribution is 0.776. The van der Waals surface area contributed by atoms with Crippen molar-refractivity contribution in [1.29, 1.82) is 5.26 Å². The lowest BCUT2D eigenvalue weighted by atomic mass is 9.92. The number of hydrogen-bond acceptors (Lipinski definition) is 5. The molecule has 7 nitrogen and oxygen atoms in total. The van der Waals surface area contributed by atoms with E-state index in [2.05, 4.69) is 40.4 Å². The van der Waals surface area contributed by atoms with Crippen molar-refractivity contribution in [1.82, 2.24) is 20.0 Å². The molecule has 3 aromatic carbocycles. The molecule has 3 N–H and O–H groups in total. The minimum Gasteiger partial charge on any atom is -0.325 e. The van der Waals surface area contributed by atoms with Crippen LogP contribution in [0.2, 0.25) is 0 Å². The first kappa shape index (κ1) is 21.3. The summed E-state index contributed by atoms with van der Waals surface area (Å²) in [5.41, 5.74) is 13.4. The summed E-state index contributed by atoms with van der Waals surface area (Å²) in [6.45, 7) is 2.27. The van der Waals surface area contributed by atoms with Gasteiger partial charge in [-0.05, 0) is 53.4 Å². The molecule has 0 aliphatic rings. The normalized spacial score (nSPS) is 11.0. The van der Waals surface area contributed by atoms with Gasteiger partial charge in [0.15, 0.2) is 0 Å². The van der Waals surface area contributed by atoms with E-state index in [-0.39, 0.29) is 12.1 Å². The summed E-state index contributed by atoms with van der Waals surface area (Å²) in [5.74, 6) is 0. The number of aromatic nitrogens is 4. The van der Waals surface area contributed by atoms with Crippen LogP contribution in [-0.4, -0.2) is 20.0 Å². The molecule has 7 heteroatoms. The van der Waals surface area contributed by atoms with Crippen molar-refractivity contribution in [3.05, 3.63) is 94.0 Å². The fraction of sp³-hybridized carbons (Fsp3) is 0.111. The first-order valence-electron chi connectivity index (χ1n) is 10.9. The monoisotopic (exact) mass is 446 g/mol. The minimum atomic E-state index is -0.261. The lowest BCUT2D eigenvalue weighted by Gasteiger charge is -2.13. The van der Waals surface area contributed by atoms with Crippen molar-refractivity contribution in [2.45, 2.75) is 13.5 Å². The van der Waals surface area contributed by atoms with Crippen molar-refractivity contribution < 1.29 is 0 Å². The lowest BCUT2D eigenvalue weighted by Crippen LogP contribution is -2.13. The Morgan fingerprint density at radius 1 is 1.00 bits per heavy atom. The predicted molar refractivity (Wildman–Crippen MR) is 133 cm³/mol. The van der Waals surface area contributed by atoms with Crippen LogP contribution in [0.5, 0.6) is 0 Å². The summed E-state index contributed by atoms with van der Waals surface area (Å²) < 4.78 is 1.78. The van der Waals surface area contributed by atoms with Crippen LogP contribution >= 0.6 is 0 Å². The molecule has 0 aliphatic carbocycles. The standard InChI is InChI=1S/C27H22N6O/c1-16-5-3-4-6-20(16)17-7-8-19(13-28)22(11-17)26-24(15-30-33(26)2)18-9-10-21-23(12-18)25(14-29)31-32-27(21)34/h3-12,15H,14,29H2,1-2H3,(H,32,34). The second-order valence-corrected chi connectivity index (χ2v) is 8.18. The molecule has 0 aliphatic heterocycles. The van der Waals surface area contributed by atoms with Crippen molar-refractivity contribution >= 4 is 10.8 Å². The molecule has 0 fully saturated rings. The molecule has 0 radical (unpaired) electrons. The Morgan fingerprint density at radius 3 is 2.53 bits per heavy atom. The fourth-order valence-electron chi connectivity index (χ4n) is 4.41. The number of aryl methyl sites for hydroxylation is 2. The summed E-state index contributed by atoms with van der Waals surface area (Å²) in [7, 11) is 1.86. The zero-order valence-corrected chi connectivity index (χ0v) is 18.8. The van der Waals surface area contributed by atoms with Gasteiger partial charge in [-0.2, -0.15) is 15.5 Å². The van der Waals surface area contributed by atoms with E-state index in [0.29, 0.717) is 22.0 Å². The summed E-state index contributed by atoms with van der Waals surface area (Å²) in [6.07, 6.45) is 1.78. The van der Waals surface area contributed by atoms with Gasteiger partial charge in [-0.1, -0.05) is 36.4 Å². The SMILES string of the molecule is Cc1ccccc1-c1ccc(C#N)c(-c2c(-c3ccc4c(=O)[nH]nc(CN)c4c3)cnn2C)c1. The second kappa shape index (κ2) is 8.43. The number of hydrogen-bond donors (Lipinski definition) is 2. The Morgan fingerprint density at radius 2 is 1.76 bits per heavy atom. The van der Waals surface area contributed by atoms with E-state index >= 15 is 0 Å². The van der Waals surface area contributed by atoms with Gasteiger partial charge in [0.1, 0.15) is 0 Å². The van der Waals surface area contributed by atoms with Crippen LogP contribution in [0.3, 0.4) is 0 Å². The first-order chi connectivity index (χ1) is 16.5. The van der Waals surface area contributed by atoms with Gasteiger partial charge in [-0.25, -0.2) is 5.10 Å². The minimum absolute atomic E-state index is 0.202. The van der Waals surface area contributed by atoms with Gasteiger partial charge in [0.2, 0.25) is 0 Å². The van der Waals surface area contributed by atoms with Gasteiger partial charge in [0.05, 0.1) is 34.6 Å². The van der Waals surface area contributed by atoms with Crippen LogP contribution < -0.4 is 11.3 Å². The second-order valence-electron chi connectivity index (χ2n) is 8.18. The molecule has 0 atom stereocenters. The van der Waals surface area contributed by atoms with E-state index in [0.717, 1.165) is 39.1 Å². The molecule has 0 amide bonds. The molecule has 5 aromatic rings. The molecule has 5 rings (SSSR count). The third-order valence-electron chi connectivity index (χ3n) is 6.16. The highest BCUT2D eigenvalue weighted by molar-refractivity contribution is 5.92. The first-order valence-corrected chi connectivity index (χ1v) is 10.9. The van der Waals surface area contributed by atoms with E-state index in [4.69, 9.17) is 5.73 Å². The molecule has 0 bridgehead atoms. The molecule has 2 aromatic heterocycles. The third-order valence-corrected chi connectivity index (χ3v) is 6.16. The summed E-state index contributed by atoms with van der Waals surface area (Å²) >= 11 is 0. The number of rotatable bonds is 4. The summed E-state index contributed by atoms with van der Waals surface area (Å²) in [4.78, 5) is 12.3. The largest absolute Gasteiger partial charge is 0.325 e. The van der Waals surface area contributed by atoms with Crippen LogP contribution in [0, 0.1) is 18.3 Å². The third kappa shape index (κ3) is 3.47. The van der Waals surface area contributed by atoms with E-state index < -0.39 is 0 Å². The molecule has 166 valence electrons. The fourth-order valence-corrected chi connectivity index (χ4v) is 4.41. The molecule has 2 heterocycles. The summed E-state index contributed by atoms with van der Waals surface area (Å²) in [6, 6.07) is 21.9.